The van der Waals surface area contributed by atoms with Crippen molar-refractivity contribution in [1.29, 1.82) is 0 Å². The Balaban J connectivity index is 3.04. The molecular formula is C10H8BrClO3. The van der Waals surface area contributed by atoms with Crippen LogP contribution < -0.4 is 0 Å². The van der Waals surface area contributed by atoms with E-state index in [2.05, 4.69) is 20.7 Å². The van der Waals surface area contributed by atoms with Gasteiger partial charge in [0.15, 0.2) is 0 Å². The van der Waals surface area contributed by atoms with Gasteiger partial charge in [-0.2, -0.15) is 0 Å². The molecule has 0 spiro atoms. The number of halogens is 2. The number of phenolic OH excluding ortho intramolecular Hbond substituents is 1. The van der Waals surface area contributed by atoms with Crippen LogP contribution in [0.15, 0.2) is 22.7 Å². The van der Waals surface area contributed by atoms with E-state index in [1.165, 1.54) is 19.3 Å². The standard InChI is InChI=1S/C10H8BrClO3/c1-15-9(13)3-2-6-4-7(12)5-8(11)10(6)14/h2-5,14H,1H3/b3-2+. The molecule has 0 saturated heterocycles. The zero-order chi connectivity index (χ0) is 11.4. The average molecular weight is 292 g/mol. The molecule has 1 rings (SSSR count). The van der Waals surface area contributed by atoms with Gasteiger partial charge in [0.1, 0.15) is 5.75 Å². The van der Waals surface area contributed by atoms with Gasteiger partial charge in [-0.15, -0.1) is 0 Å². The molecule has 0 fully saturated rings. The zero-order valence-corrected chi connectivity index (χ0v) is 10.2. The first-order chi connectivity index (χ1) is 7.04. The van der Waals surface area contributed by atoms with Crippen LogP contribution in [-0.2, 0) is 9.53 Å². The van der Waals surface area contributed by atoms with Gasteiger partial charge in [0.2, 0.25) is 0 Å². The molecule has 0 saturated carbocycles. The lowest BCUT2D eigenvalue weighted by Crippen LogP contribution is -1.93. The van der Waals surface area contributed by atoms with Gasteiger partial charge in [0.25, 0.3) is 0 Å². The van der Waals surface area contributed by atoms with E-state index in [1.807, 2.05) is 0 Å². The molecule has 80 valence electrons. The maximum absolute atomic E-state index is 10.8. The maximum Gasteiger partial charge on any atom is 0.330 e. The molecule has 0 heterocycles. The first kappa shape index (κ1) is 12.1. The van der Waals surface area contributed by atoms with Gasteiger partial charge in [0, 0.05) is 16.7 Å². The number of carbonyl (C=O) groups is 1. The number of aromatic hydroxyl groups is 1. The highest BCUT2D eigenvalue weighted by molar-refractivity contribution is 9.10. The van der Waals surface area contributed by atoms with E-state index < -0.39 is 5.97 Å². The summed E-state index contributed by atoms with van der Waals surface area (Å²) in [6, 6.07) is 3.10. The number of phenols is 1. The van der Waals surface area contributed by atoms with Crippen molar-refractivity contribution in [3.8, 4) is 5.75 Å². The number of carbonyl (C=O) groups excluding carboxylic acids is 1. The highest BCUT2D eigenvalue weighted by atomic mass is 79.9. The van der Waals surface area contributed by atoms with E-state index in [0.717, 1.165) is 0 Å². The van der Waals surface area contributed by atoms with Gasteiger partial charge in [-0.1, -0.05) is 11.6 Å². The second-order valence-corrected chi connectivity index (χ2v) is 3.97. The smallest absolute Gasteiger partial charge is 0.330 e. The van der Waals surface area contributed by atoms with Crippen molar-refractivity contribution in [2.24, 2.45) is 0 Å². The second kappa shape index (κ2) is 5.19. The number of rotatable bonds is 2. The van der Waals surface area contributed by atoms with E-state index in [9.17, 15) is 9.90 Å². The normalized spacial score (nSPS) is 10.6. The van der Waals surface area contributed by atoms with Crippen LogP contribution in [0.2, 0.25) is 5.02 Å². The minimum Gasteiger partial charge on any atom is -0.506 e. The van der Waals surface area contributed by atoms with Crippen LogP contribution in [0.5, 0.6) is 5.75 Å². The summed E-state index contributed by atoms with van der Waals surface area (Å²) in [5.74, 6) is -0.468. The zero-order valence-electron chi connectivity index (χ0n) is 7.83. The molecule has 0 unspecified atom stereocenters. The molecular weight excluding hydrogens is 283 g/mol. The number of hydrogen-bond acceptors (Lipinski definition) is 3. The summed E-state index contributed by atoms with van der Waals surface area (Å²) in [5.41, 5.74) is 0.444. The summed E-state index contributed by atoms with van der Waals surface area (Å²) in [7, 11) is 1.28. The van der Waals surface area contributed by atoms with E-state index >= 15 is 0 Å². The summed E-state index contributed by atoms with van der Waals surface area (Å²) in [4.78, 5) is 10.8. The van der Waals surface area contributed by atoms with Crippen molar-refractivity contribution in [3.05, 3.63) is 33.3 Å². The highest BCUT2D eigenvalue weighted by Gasteiger charge is 2.05. The minimum atomic E-state index is -0.495. The molecule has 0 amide bonds. The Bertz CT molecular complexity index is 415. The Morgan fingerprint density at radius 1 is 1.60 bits per heavy atom. The number of methoxy groups -OCH3 is 1. The first-order valence-electron chi connectivity index (χ1n) is 3.98. The molecule has 1 N–H and O–H groups in total. The molecule has 0 aromatic heterocycles. The third kappa shape index (κ3) is 3.25. The lowest BCUT2D eigenvalue weighted by atomic mass is 10.2. The number of esters is 1. The maximum atomic E-state index is 10.8. The molecule has 0 aliphatic rings. The largest absolute Gasteiger partial charge is 0.506 e. The molecule has 0 aliphatic carbocycles. The quantitative estimate of drug-likeness (QED) is 0.673. The Kier molecular flexibility index (Phi) is 4.17. The van der Waals surface area contributed by atoms with Gasteiger partial charge in [0.05, 0.1) is 11.6 Å². The van der Waals surface area contributed by atoms with E-state index in [-0.39, 0.29) is 5.75 Å². The second-order valence-electron chi connectivity index (χ2n) is 2.68. The predicted molar refractivity (Wildman–Crippen MR) is 61.9 cm³/mol. The van der Waals surface area contributed by atoms with Crippen LogP contribution in [0.4, 0.5) is 0 Å². The Labute approximate surface area is 100 Å². The lowest BCUT2D eigenvalue weighted by molar-refractivity contribution is -0.134. The van der Waals surface area contributed by atoms with Gasteiger partial charge >= 0.3 is 5.97 Å². The van der Waals surface area contributed by atoms with Gasteiger partial charge in [-0.05, 0) is 34.1 Å². The van der Waals surface area contributed by atoms with Crippen molar-refractivity contribution in [2.45, 2.75) is 0 Å². The molecule has 0 bridgehead atoms. The first-order valence-corrected chi connectivity index (χ1v) is 5.15. The van der Waals surface area contributed by atoms with E-state index in [1.54, 1.807) is 12.1 Å². The highest BCUT2D eigenvalue weighted by Crippen LogP contribution is 2.32. The van der Waals surface area contributed by atoms with E-state index in [0.29, 0.717) is 15.1 Å². The molecule has 3 nitrogen and oxygen atoms in total. The summed E-state index contributed by atoms with van der Waals surface area (Å²) < 4.78 is 4.89. The van der Waals surface area contributed by atoms with Crippen molar-refractivity contribution in [3.63, 3.8) is 0 Å². The van der Waals surface area contributed by atoms with Crippen LogP contribution in [0, 0.1) is 0 Å². The van der Waals surface area contributed by atoms with Crippen LogP contribution in [0.25, 0.3) is 6.08 Å². The monoisotopic (exact) mass is 290 g/mol. The summed E-state index contributed by atoms with van der Waals surface area (Å²) in [6.45, 7) is 0. The fourth-order valence-corrected chi connectivity index (χ4v) is 1.77. The Morgan fingerprint density at radius 3 is 2.87 bits per heavy atom. The van der Waals surface area contributed by atoms with Gasteiger partial charge in [-0.25, -0.2) is 4.79 Å². The fourth-order valence-electron chi connectivity index (χ4n) is 0.939. The molecule has 0 aliphatic heterocycles. The molecule has 1 aromatic rings. The van der Waals surface area contributed by atoms with Crippen LogP contribution >= 0.6 is 27.5 Å². The van der Waals surface area contributed by atoms with Crippen molar-refractivity contribution < 1.29 is 14.6 Å². The van der Waals surface area contributed by atoms with Gasteiger partial charge in [-0.3, -0.25) is 0 Å². The van der Waals surface area contributed by atoms with Gasteiger partial charge < -0.3 is 9.84 Å². The van der Waals surface area contributed by atoms with Crippen LogP contribution in [-0.4, -0.2) is 18.2 Å². The fraction of sp³-hybridized carbons (Fsp3) is 0.100. The third-order valence-electron chi connectivity index (χ3n) is 1.66. The average Bonchev–Trinajstić information content (AvgIpc) is 2.20. The van der Waals surface area contributed by atoms with Crippen LogP contribution in [0.1, 0.15) is 5.56 Å². The van der Waals surface area contributed by atoms with Crippen molar-refractivity contribution in [2.75, 3.05) is 7.11 Å². The molecule has 5 heteroatoms. The number of ether oxygens (including phenoxy) is 1. The minimum absolute atomic E-state index is 0.0274. The molecule has 15 heavy (non-hydrogen) atoms. The molecule has 0 radical (unpaired) electrons. The summed E-state index contributed by atoms with van der Waals surface area (Å²) >= 11 is 8.92. The number of benzene rings is 1. The summed E-state index contributed by atoms with van der Waals surface area (Å²) in [5, 5.41) is 10.1. The number of hydrogen-bond donors (Lipinski definition) is 1. The van der Waals surface area contributed by atoms with E-state index in [4.69, 9.17) is 11.6 Å². The van der Waals surface area contributed by atoms with Crippen molar-refractivity contribution >= 4 is 39.6 Å². The lowest BCUT2D eigenvalue weighted by Gasteiger charge is -2.02. The SMILES string of the molecule is COC(=O)/C=C/c1cc(Cl)cc(Br)c1O. The topological polar surface area (TPSA) is 46.5 Å². The molecule has 1 aromatic carbocycles. The summed E-state index contributed by atoms with van der Waals surface area (Å²) in [6.07, 6.45) is 2.63. The van der Waals surface area contributed by atoms with Crippen LogP contribution in [0.3, 0.4) is 0 Å². The predicted octanol–water partition coefficient (Wildman–Crippen LogP) is 2.99. The Morgan fingerprint density at radius 2 is 2.27 bits per heavy atom. The van der Waals surface area contributed by atoms with Crippen molar-refractivity contribution in [1.82, 2.24) is 0 Å². The third-order valence-corrected chi connectivity index (χ3v) is 2.48. The molecule has 0 atom stereocenters. The Hall–Kier alpha value is -1.00.